The van der Waals surface area contributed by atoms with Crippen molar-refractivity contribution in [3.8, 4) is 0 Å². The van der Waals surface area contributed by atoms with Crippen molar-refractivity contribution in [1.29, 1.82) is 0 Å². The molecule has 1 unspecified atom stereocenters. The summed E-state index contributed by atoms with van der Waals surface area (Å²) in [4.78, 5) is 14.2. The van der Waals surface area contributed by atoms with Crippen LogP contribution in [0, 0.1) is 5.82 Å². The van der Waals surface area contributed by atoms with Crippen molar-refractivity contribution in [3.63, 3.8) is 0 Å². The topological polar surface area (TPSA) is 32.3 Å². The number of rotatable bonds is 6. The van der Waals surface area contributed by atoms with Crippen molar-refractivity contribution in [2.24, 2.45) is 0 Å². The second-order valence-corrected chi connectivity index (χ2v) is 5.76. The molecule has 0 saturated carbocycles. The third-order valence-electron chi connectivity index (χ3n) is 3.97. The van der Waals surface area contributed by atoms with E-state index in [-0.39, 0.29) is 17.5 Å². The number of carbonyl (C=O) groups excluding carboxylic acids is 1. The molecule has 0 aliphatic rings. The Hall–Kier alpha value is -2.20. The van der Waals surface area contributed by atoms with Crippen LogP contribution in [0.2, 0.25) is 0 Å². The number of hydrogen-bond donors (Lipinski definition) is 1. The molecule has 122 valence electrons. The number of benzene rings is 2. The minimum atomic E-state index is -0.501. The summed E-state index contributed by atoms with van der Waals surface area (Å²) in [6, 6.07) is 14.4. The minimum Gasteiger partial charge on any atom is -0.350 e. The number of nitrogens with one attached hydrogen (secondary N) is 1. The second kappa shape index (κ2) is 7.88. The summed E-state index contributed by atoms with van der Waals surface area (Å²) in [6.07, 6.45) is 0.997. The first-order valence-corrected chi connectivity index (χ1v) is 7.81. The molecule has 23 heavy (non-hydrogen) atoms. The molecule has 0 radical (unpaired) electrons. The maximum atomic E-state index is 13.7. The van der Waals surface area contributed by atoms with Gasteiger partial charge < -0.3 is 10.2 Å². The fraction of sp³-hybridized carbons (Fsp3) is 0.316. The maximum absolute atomic E-state index is 13.7. The van der Waals surface area contributed by atoms with Crippen LogP contribution >= 0.6 is 0 Å². The van der Waals surface area contributed by atoms with Gasteiger partial charge in [0.15, 0.2) is 0 Å². The summed E-state index contributed by atoms with van der Waals surface area (Å²) < 4.78 is 13.7. The van der Waals surface area contributed by atoms with Gasteiger partial charge in [-0.2, -0.15) is 0 Å². The molecule has 3 nitrogen and oxygen atoms in total. The number of hydrogen-bond acceptors (Lipinski definition) is 2. The molecule has 2 aromatic rings. The van der Waals surface area contributed by atoms with Gasteiger partial charge in [-0.15, -0.1) is 0 Å². The molecule has 0 saturated heterocycles. The molecule has 0 bridgehead atoms. The Bertz CT molecular complexity index is 653. The van der Waals surface area contributed by atoms with Gasteiger partial charge in [0.25, 0.3) is 5.91 Å². The SMILES string of the molecule is CCc1ccc(C(CNC(=O)c2ccccc2F)N(C)C)cc1. The molecule has 2 rings (SSSR count). The van der Waals surface area contributed by atoms with E-state index in [0.29, 0.717) is 6.54 Å². The van der Waals surface area contributed by atoms with Gasteiger partial charge in [0, 0.05) is 6.54 Å². The van der Waals surface area contributed by atoms with Crippen molar-refractivity contribution < 1.29 is 9.18 Å². The Morgan fingerprint density at radius 1 is 1.13 bits per heavy atom. The average molecular weight is 314 g/mol. The lowest BCUT2D eigenvalue weighted by atomic mass is 10.0. The highest BCUT2D eigenvalue weighted by atomic mass is 19.1. The van der Waals surface area contributed by atoms with Crippen LogP contribution in [0.1, 0.15) is 34.5 Å². The van der Waals surface area contributed by atoms with Gasteiger partial charge in [0.05, 0.1) is 11.6 Å². The van der Waals surface area contributed by atoms with Crippen LogP contribution in [-0.2, 0) is 6.42 Å². The molecular formula is C19H23FN2O. The van der Waals surface area contributed by atoms with E-state index >= 15 is 0 Å². The second-order valence-electron chi connectivity index (χ2n) is 5.76. The van der Waals surface area contributed by atoms with Crippen molar-refractivity contribution in [3.05, 3.63) is 71.0 Å². The fourth-order valence-corrected chi connectivity index (χ4v) is 2.50. The van der Waals surface area contributed by atoms with Crippen molar-refractivity contribution in [2.45, 2.75) is 19.4 Å². The van der Waals surface area contributed by atoms with Crippen molar-refractivity contribution >= 4 is 5.91 Å². The number of carbonyl (C=O) groups is 1. The van der Waals surface area contributed by atoms with E-state index < -0.39 is 5.82 Å². The summed E-state index contributed by atoms with van der Waals surface area (Å²) in [7, 11) is 3.93. The van der Waals surface area contributed by atoms with Crippen molar-refractivity contribution in [1.82, 2.24) is 10.2 Å². The number of halogens is 1. The third-order valence-corrected chi connectivity index (χ3v) is 3.97. The Morgan fingerprint density at radius 2 is 1.78 bits per heavy atom. The van der Waals surface area contributed by atoms with Gasteiger partial charge in [0.2, 0.25) is 0 Å². The average Bonchev–Trinajstić information content (AvgIpc) is 2.55. The van der Waals surface area contributed by atoms with Crippen LogP contribution in [-0.4, -0.2) is 31.4 Å². The van der Waals surface area contributed by atoms with E-state index in [1.807, 2.05) is 19.0 Å². The van der Waals surface area contributed by atoms with E-state index in [1.54, 1.807) is 12.1 Å². The lowest BCUT2D eigenvalue weighted by molar-refractivity contribution is 0.0938. The molecule has 0 aliphatic carbocycles. The molecule has 2 aromatic carbocycles. The van der Waals surface area contributed by atoms with E-state index in [0.717, 1.165) is 12.0 Å². The lowest BCUT2D eigenvalue weighted by Crippen LogP contribution is -2.34. The lowest BCUT2D eigenvalue weighted by Gasteiger charge is -2.25. The smallest absolute Gasteiger partial charge is 0.254 e. The largest absolute Gasteiger partial charge is 0.350 e. The molecular weight excluding hydrogens is 291 g/mol. The van der Waals surface area contributed by atoms with E-state index in [4.69, 9.17) is 0 Å². The Kier molecular flexibility index (Phi) is 5.88. The summed E-state index contributed by atoms with van der Waals surface area (Å²) in [5.74, 6) is -0.890. The van der Waals surface area contributed by atoms with Gasteiger partial charge in [-0.1, -0.05) is 43.3 Å². The third kappa shape index (κ3) is 4.39. The van der Waals surface area contributed by atoms with Crippen LogP contribution in [0.4, 0.5) is 4.39 Å². The van der Waals surface area contributed by atoms with Crippen LogP contribution < -0.4 is 5.32 Å². The van der Waals surface area contributed by atoms with Crippen LogP contribution in [0.15, 0.2) is 48.5 Å². The predicted octanol–water partition coefficient (Wildman–Crippen LogP) is 3.42. The van der Waals surface area contributed by atoms with Crippen LogP contribution in [0.5, 0.6) is 0 Å². The van der Waals surface area contributed by atoms with E-state index in [2.05, 4.69) is 36.5 Å². The number of amides is 1. The summed E-state index contributed by atoms with van der Waals surface area (Å²) >= 11 is 0. The first-order valence-electron chi connectivity index (χ1n) is 7.81. The first-order chi connectivity index (χ1) is 11.0. The maximum Gasteiger partial charge on any atom is 0.254 e. The highest BCUT2D eigenvalue weighted by Gasteiger charge is 2.17. The Balaban J connectivity index is 2.08. The molecule has 0 fully saturated rings. The van der Waals surface area contributed by atoms with Gasteiger partial charge in [0.1, 0.15) is 5.82 Å². The Morgan fingerprint density at radius 3 is 2.35 bits per heavy atom. The molecule has 1 atom stereocenters. The normalized spacial score (nSPS) is 12.2. The first kappa shape index (κ1) is 17.2. The molecule has 1 amide bonds. The zero-order valence-corrected chi connectivity index (χ0v) is 13.8. The van der Waals surface area contributed by atoms with E-state index in [1.165, 1.54) is 17.7 Å². The minimum absolute atomic E-state index is 0.0385. The quantitative estimate of drug-likeness (QED) is 0.886. The number of likely N-dealkylation sites (N-methyl/N-ethyl adjacent to an activating group) is 1. The van der Waals surface area contributed by atoms with Gasteiger partial charge in [-0.25, -0.2) is 4.39 Å². The van der Waals surface area contributed by atoms with Crippen LogP contribution in [0.25, 0.3) is 0 Å². The van der Waals surface area contributed by atoms with Crippen LogP contribution in [0.3, 0.4) is 0 Å². The van der Waals surface area contributed by atoms with Gasteiger partial charge >= 0.3 is 0 Å². The summed E-state index contributed by atoms with van der Waals surface area (Å²) in [5.41, 5.74) is 2.48. The fourth-order valence-electron chi connectivity index (χ4n) is 2.50. The molecule has 0 heterocycles. The molecule has 0 aromatic heterocycles. The molecule has 1 N–H and O–H groups in total. The molecule has 0 spiro atoms. The standard InChI is InChI=1S/C19H23FN2O/c1-4-14-9-11-15(12-10-14)18(22(2)3)13-21-19(23)16-7-5-6-8-17(16)20/h5-12,18H,4,13H2,1-3H3,(H,21,23). The zero-order chi connectivity index (χ0) is 16.8. The zero-order valence-electron chi connectivity index (χ0n) is 13.8. The summed E-state index contributed by atoms with van der Waals surface area (Å²) in [5, 5.41) is 2.83. The highest BCUT2D eigenvalue weighted by Crippen LogP contribution is 2.18. The van der Waals surface area contributed by atoms with Gasteiger partial charge in [-0.3, -0.25) is 4.79 Å². The van der Waals surface area contributed by atoms with E-state index in [9.17, 15) is 9.18 Å². The number of nitrogens with zero attached hydrogens (tertiary/aromatic N) is 1. The van der Waals surface area contributed by atoms with Crippen molar-refractivity contribution in [2.75, 3.05) is 20.6 Å². The summed E-state index contributed by atoms with van der Waals surface area (Å²) in [6.45, 7) is 2.54. The predicted molar refractivity (Wildman–Crippen MR) is 91.0 cm³/mol. The monoisotopic (exact) mass is 314 g/mol. The van der Waals surface area contributed by atoms with Gasteiger partial charge in [-0.05, 0) is 43.8 Å². The molecule has 4 heteroatoms. The number of aryl methyl sites for hydroxylation is 1. The Labute approximate surface area is 137 Å². The molecule has 0 aliphatic heterocycles. The highest BCUT2D eigenvalue weighted by molar-refractivity contribution is 5.94.